The van der Waals surface area contributed by atoms with Crippen LogP contribution in [0.3, 0.4) is 0 Å². The van der Waals surface area contributed by atoms with Crippen LogP contribution in [0, 0.1) is 5.92 Å². The zero-order valence-electron chi connectivity index (χ0n) is 10.4. The van der Waals surface area contributed by atoms with Gasteiger partial charge in [0, 0.05) is 6.61 Å². The third-order valence-corrected chi connectivity index (χ3v) is 3.04. The summed E-state index contributed by atoms with van der Waals surface area (Å²) in [5, 5.41) is 17.9. The van der Waals surface area contributed by atoms with Crippen LogP contribution >= 0.6 is 0 Å². The molecule has 0 bridgehead atoms. The fraction of sp³-hybridized carbons (Fsp3) is 0.538. The lowest BCUT2D eigenvalue weighted by atomic mass is 9.80. The van der Waals surface area contributed by atoms with E-state index in [4.69, 9.17) is 19.5 Å². The summed E-state index contributed by atoms with van der Waals surface area (Å²) in [5.74, 6) is 1.62. The van der Waals surface area contributed by atoms with Crippen molar-refractivity contribution < 1.29 is 19.5 Å². The molecule has 0 amide bonds. The Morgan fingerprint density at radius 2 is 1.78 bits per heavy atom. The minimum atomic E-state index is -1.43. The highest BCUT2D eigenvalue weighted by molar-refractivity contribution is 6.58. The van der Waals surface area contributed by atoms with Crippen molar-refractivity contribution in [1.29, 1.82) is 0 Å². The largest absolute Gasteiger partial charge is 0.491 e. The van der Waals surface area contributed by atoms with Crippen LogP contribution in [0.4, 0.5) is 0 Å². The molecule has 0 spiro atoms. The van der Waals surface area contributed by atoms with Crippen LogP contribution in [0.15, 0.2) is 24.3 Å². The maximum Gasteiger partial charge on any atom is 0.488 e. The quantitative estimate of drug-likeness (QED) is 0.523. The fourth-order valence-electron chi connectivity index (χ4n) is 1.71. The Morgan fingerprint density at radius 1 is 1.06 bits per heavy atom. The lowest BCUT2D eigenvalue weighted by Crippen LogP contribution is -2.29. The van der Waals surface area contributed by atoms with E-state index in [0.29, 0.717) is 24.4 Å². The number of benzene rings is 1. The number of rotatable bonds is 8. The van der Waals surface area contributed by atoms with Crippen molar-refractivity contribution in [1.82, 2.24) is 0 Å². The van der Waals surface area contributed by atoms with Gasteiger partial charge in [-0.1, -0.05) is 25.0 Å². The van der Waals surface area contributed by atoms with Crippen molar-refractivity contribution in [2.45, 2.75) is 19.3 Å². The Balaban J connectivity index is 1.57. The van der Waals surface area contributed by atoms with E-state index in [1.165, 1.54) is 19.3 Å². The molecule has 2 rings (SSSR count). The predicted octanol–water partition coefficient (Wildman–Crippen LogP) is 0.562. The summed E-state index contributed by atoms with van der Waals surface area (Å²) in [4.78, 5) is 0. The van der Waals surface area contributed by atoms with Gasteiger partial charge in [0.1, 0.15) is 12.4 Å². The molecule has 1 aromatic rings. The van der Waals surface area contributed by atoms with Gasteiger partial charge in [-0.15, -0.1) is 0 Å². The van der Waals surface area contributed by atoms with Crippen molar-refractivity contribution in [2.75, 3.05) is 19.8 Å². The van der Waals surface area contributed by atoms with Crippen LogP contribution in [0.25, 0.3) is 0 Å². The third kappa shape index (κ3) is 4.68. The summed E-state index contributed by atoms with van der Waals surface area (Å²) in [5.41, 5.74) is 0.461. The standard InChI is InChI=1S/C13H19BO4/c15-14(16)12-3-5-13(6-4-12)18-10-9-17-8-7-11-1-2-11/h3-6,11,15-16H,1-2,7-10H2. The first-order valence-electron chi connectivity index (χ1n) is 6.42. The monoisotopic (exact) mass is 250 g/mol. The van der Waals surface area contributed by atoms with E-state index in [1.807, 2.05) is 0 Å². The summed E-state index contributed by atoms with van der Waals surface area (Å²) >= 11 is 0. The maximum atomic E-state index is 8.93. The first-order valence-corrected chi connectivity index (χ1v) is 6.42. The van der Waals surface area contributed by atoms with Crippen LogP contribution in [0.1, 0.15) is 19.3 Å². The Morgan fingerprint density at radius 3 is 2.39 bits per heavy atom. The van der Waals surface area contributed by atoms with Gasteiger partial charge in [0.15, 0.2) is 0 Å². The van der Waals surface area contributed by atoms with E-state index in [1.54, 1.807) is 24.3 Å². The summed E-state index contributed by atoms with van der Waals surface area (Å²) in [6.45, 7) is 1.94. The smallest absolute Gasteiger partial charge is 0.488 e. The number of hydrogen-bond acceptors (Lipinski definition) is 4. The summed E-state index contributed by atoms with van der Waals surface area (Å²) in [7, 11) is -1.43. The molecule has 18 heavy (non-hydrogen) atoms. The average molecular weight is 250 g/mol. The molecule has 1 aromatic carbocycles. The molecule has 0 atom stereocenters. The molecule has 2 N–H and O–H groups in total. The third-order valence-electron chi connectivity index (χ3n) is 3.04. The second kappa shape index (κ2) is 6.78. The van der Waals surface area contributed by atoms with Gasteiger partial charge >= 0.3 is 7.12 Å². The Bertz CT molecular complexity index is 349. The lowest BCUT2D eigenvalue weighted by Gasteiger charge is -2.07. The zero-order valence-corrected chi connectivity index (χ0v) is 10.4. The van der Waals surface area contributed by atoms with Crippen molar-refractivity contribution in [3.63, 3.8) is 0 Å². The second-order valence-corrected chi connectivity index (χ2v) is 4.64. The normalized spacial score (nSPS) is 14.6. The molecular weight excluding hydrogens is 231 g/mol. The van der Waals surface area contributed by atoms with E-state index in [-0.39, 0.29) is 0 Å². The van der Waals surface area contributed by atoms with Crippen molar-refractivity contribution in [3.8, 4) is 5.75 Å². The lowest BCUT2D eigenvalue weighted by molar-refractivity contribution is 0.0958. The van der Waals surface area contributed by atoms with Crippen LogP contribution in [-0.4, -0.2) is 37.0 Å². The van der Waals surface area contributed by atoms with Gasteiger partial charge in [-0.3, -0.25) is 0 Å². The highest BCUT2D eigenvalue weighted by Gasteiger charge is 2.20. The SMILES string of the molecule is OB(O)c1ccc(OCCOCCC2CC2)cc1. The average Bonchev–Trinajstić information content (AvgIpc) is 3.18. The van der Waals surface area contributed by atoms with E-state index in [2.05, 4.69) is 0 Å². The molecule has 4 nitrogen and oxygen atoms in total. The van der Waals surface area contributed by atoms with Gasteiger partial charge < -0.3 is 19.5 Å². The van der Waals surface area contributed by atoms with Gasteiger partial charge in [0.25, 0.3) is 0 Å². The number of ether oxygens (including phenoxy) is 2. The van der Waals surface area contributed by atoms with Crippen LogP contribution in [0.2, 0.25) is 0 Å². The molecular formula is C13H19BO4. The molecule has 0 radical (unpaired) electrons. The molecule has 0 aromatic heterocycles. The molecule has 1 aliphatic rings. The van der Waals surface area contributed by atoms with Gasteiger partial charge in [0.2, 0.25) is 0 Å². The highest BCUT2D eigenvalue weighted by atomic mass is 16.5. The Labute approximate surface area is 108 Å². The molecule has 98 valence electrons. The van der Waals surface area contributed by atoms with Crippen molar-refractivity contribution in [3.05, 3.63) is 24.3 Å². The highest BCUT2D eigenvalue weighted by Crippen LogP contribution is 2.31. The zero-order chi connectivity index (χ0) is 12.8. The maximum absolute atomic E-state index is 8.93. The molecule has 5 heteroatoms. The van der Waals surface area contributed by atoms with Crippen LogP contribution < -0.4 is 10.2 Å². The summed E-state index contributed by atoms with van der Waals surface area (Å²) < 4.78 is 10.9. The van der Waals surface area contributed by atoms with Gasteiger partial charge in [-0.25, -0.2) is 0 Å². The van der Waals surface area contributed by atoms with Crippen molar-refractivity contribution >= 4 is 12.6 Å². The topological polar surface area (TPSA) is 58.9 Å². The van der Waals surface area contributed by atoms with Crippen LogP contribution in [-0.2, 0) is 4.74 Å². The van der Waals surface area contributed by atoms with Crippen molar-refractivity contribution in [2.24, 2.45) is 5.92 Å². The molecule has 0 heterocycles. The van der Waals surface area contributed by atoms with E-state index < -0.39 is 7.12 Å². The molecule has 0 aliphatic heterocycles. The van der Waals surface area contributed by atoms with E-state index in [9.17, 15) is 0 Å². The minimum absolute atomic E-state index is 0.461. The molecule has 1 saturated carbocycles. The minimum Gasteiger partial charge on any atom is -0.491 e. The summed E-state index contributed by atoms with van der Waals surface area (Å²) in [6, 6.07) is 6.71. The molecule has 0 saturated heterocycles. The number of hydrogen-bond donors (Lipinski definition) is 2. The van der Waals surface area contributed by atoms with E-state index in [0.717, 1.165) is 12.5 Å². The van der Waals surface area contributed by atoms with Crippen LogP contribution in [0.5, 0.6) is 5.75 Å². The fourth-order valence-corrected chi connectivity index (χ4v) is 1.71. The molecule has 1 fully saturated rings. The van der Waals surface area contributed by atoms with Gasteiger partial charge in [0.05, 0.1) is 6.61 Å². The first kappa shape index (κ1) is 13.4. The second-order valence-electron chi connectivity index (χ2n) is 4.64. The molecule has 0 unspecified atom stereocenters. The summed E-state index contributed by atoms with van der Waals surface area (Å²) in [6.07, 6.45) is 3.90. The predicted molar refractivity (Wildman–Crippen MR) is 69.9 cm³/mol. The molecule has 1 aliphatic carbocycles. The Hall–Kier alpha value is -1.04. The Kier molecular flexibility index (Phi) is 5.05. The first-order chi connectivity index (χ1) is 8.75. The van der Waals surface area contributed by atoms with Gasteiger partial charge in [-0.2, -0.15) is 0 Å². The van der Waals surface area contributed by atoms with E-state index >= 15 is 0 Å². The van der Waals surface area contributed by atoms with Gasteiger partial charge in [-0.05, 0) is 29.9 Å².